The number of ether oxygens (including phenoxy) is 1. The van der Waals surface area contributed by atoms with Crippen molar-refractivity contribution < 1.29 is 14.3 Å². The number of carbonyl (C=O) groups is 2. The molecule has 102 valence electrons. The van der Waals surface area contributed by atoms with Crippen molar-refractivity contribution in [3.05, 3.63) is 34.9 Å². The van der Waals surface area contributed by atoms with Crippen LogP contribution in [0.1, 0.15) is 28.4 Å². The minimum absolute atomic E-state index is 0.258. The Labute approximate surface area is 112 Å². The zero-order chi connectivity index (χ0) is 13.8. The second kappa shape index (κ2) is 5.84. The van der Waals surface area contributed by atoms with Crippen LogP contribution in [-0.2, 0) is 22.5 Å². The number of nitrogens with one attached hydrogen (secondary N) is 2. The Balaban J connectivity index is 2.09. The average molecular weight is 262 g/mol. The number of methoxy groups -OCH3 is 1. The molecule has 1 atom stereocenters. The summed E-state index contributed by atoms with van der Waals surface area (Å²) < 4.78 is 4.58. The van der Waals surface area contributed by atoms with Crippen LogP contribution in [-0.4, -0.2) is 31.6 Å². The van der Waals surface area contributed by atoms with Crippen molar-refractivity contribution in [2.45, 2.75) is 25.9 Å². The van der Waals surface area contributed by atoms with Gasteiger partial charge in [0.25, 0.3) is 5.91 Å². The minimum Gasteiger partial charge on any atom is -0.467 e. The molecular weight excluding hydrogens is 244 g/mol. The van der Waals surface area contributed by atoms with Gasteiger partial charge in [-0.15, -0.1) is 0 Å². The average Bonchev–Trinajstić information content (AvgIpc) is 2.45. The van der Waals surface area contributed by atoms with E-state index in [9.17, 15) is 9.59 Å². The van der Waals surface area contributed by atoms with Crippen LogP contribution in [0.5, 0.6) is 0 Å². The number of benzene rings is 1. The molecule has 0 bridgehead atoms. The highest BCUT2D eigenvalue weighted by Gasteiger charge is 2.18. The summed E-state index contributed by atoms with van der Waals surface area (Å²) in [5, 5.41) is 5.89. The Morgan fingerprint density at radius 1 is 1.37 bits per heavy atom. The third kappa shape index (κ3) is 3.12. The summed E-state index contributed by atoms with van der Waals surface area (Å²) in [4.78, 5) is 23.3. The summed E-state index contributed by atoms with van der Waals surface area (Å²) in [6.07, 6.45) is 0.982. The smallest absolute Gasteiger partial charge is 0.328 e. The number of rotatable bonds is 3. The second-order valence-electron chi connectivity index (χ2n) is 4.63. The SMILES string of the molecule is COC(=O)[C@H](C)NC(=O)c1ccc2c(c1)CNCC2. The molecule has 0 saturated carbocycles. The van der Waals surface area contributed by atoms with E-state index in [0.717, 1.165) is 25.1 Å². The second-order valence-corrected chi connectivity index (χ2v) is 4.63. The standard InChI is InChI=1S/C14H18N2O3/c1-9(14(18)19-2)16-13(17)11-4-3-10-5-6-15-8-12(10)7-11/h3-4,7,9,15H,5-6,8H2,1-2H3,(H,16,17)/t9-/m0/s1. The van der Waals surface area contributed by atoms with E-state index >= 15 is 0 Å². The fourth-order valence-corrected chi connectivity index (χ4v) is 2.14. The molecule has 0 unspecified atom stereocenters. The quantitative estimate of drug-likeness (QED) is 0.784. The third-order valence-corrected chi connectivity index (χ3v) is 3.26. The molecule has 5 nitrogen and oxygen atoms in total. The molecule has 5 heteroatoms. The van der Waals surface area contributed by atoms with E-state index in [1.165, 1.54) is 12.7 Å². The maximum Gasteiger partial charge on any atom is 0.328 e. The maximum absolute atomic E-state index is 12.0. The van der Waals surface area contributed by atoms with E-state index < -0.39 is 12.0 Å². The topological polar surface area (TPSA) is 67.4 Å². The Morgan fingerprint density at radius 3 is 2.89 bits per heavy atom. The van der Waals surface area contributed by atoms with Gasteiger partial charge in [0.05, 0.1) is 7.11 Å². The first kappa shape index (κ1) is 13.5. The lowest BCUT2D eigenvalue weighted by Crippen LogP contribution is -2.39. The molecule has 0 spiro atoms. The highest BCUT2D eigenvalue weighted by atomic mass is 16.5. The summed E-state index contributed by atoms with van der Waals surface area (Å²) >= 11 is 0. The summed E-state index contributed by atoms with van der Waals surface area (Å²) in [5.74, 6) is -0.709. The van der Waals surface area contributed by atoms with Crippen LogP contribution < -0.4 is 10.6 Å². The minimum atomic E-state index is -0.647. The number of carbonyl (C=O) groups excluding carboxylic acids is 2. The summed E-state index contributed by atoms with van der Waals surface area (Å²) in [7, 11) is 1.30. The lowest BCUT2D eigenvalue weighted by Gasteiger charge is -2.18. The molecule has 1 aromatic carbocycles. The highest BCUT2D eigenvalue weighted by Crippen LogP contribution is 2.15. The predicted octanol–water partition coefficient (Wildman–Crippen LogP) is 0.624. The van der Waals surface area contributed by atoms with E-state index in [2.05, 4.69) is 15.4 Å². The Bertz CT molecular complexity index is 499. The zero-order valence-corrected chi connectivity index (χ0v) is 11.2. The Kier molecular flexibility index (Phi) is 4.16. The van der Waals surface area contributed by atoms with Gasteiger partial charge in [-0.3, -0.25) is 4.79 Å². The first-order valence-corrected chi connectivity index (χ1v) is 6.33. The maximum atomic E-state index is 12.0. The Morgan fingerprint density at radius 2 is 2.16 bits per heavy atom. The lowest BCUT2D eigenvalue weighted by molar-refractivity contribution is -0.142. The number of hydrogen-bond donors (Lipinski definition) is 2. The van der Waals surface area contributed by atoms with Gasteiger partial charge in [-0.05, 0) is 43.1 Å². The number of amides is 1. The van der Waals surface area contributed by atoms with Crippen LogP contribution in [0.2, 0.25) is 0 Å². The van der Waals surface area contributed by atoms with Gasteiger partial charge < -0.3 is 15.4 Å². The van der Waals surface area contributed by atoms with Crippen molar-refractivity contribution in [2.75, 3.05) is 13.7 Å². The molecule has 1 aliphatic heterocycles. The summed E-state index contributed by atoms with van der Waals surface area (Å²) in [6, 6.07) is 5.00. The first-order valence-electron chi connectivity index (χ1n) is 6.33. The molecule has 1 heterocycles. The number of fused-ring (bicyclic) bond motifs is 1. The molecule has 0 radical (unpaired) electrons. The zero-order valence-electron chi connectivity index (χ0n) is 11.2. The van der Waals surface area contributed by atoms with Crippen LogP contribution in [0.3, 0.4) is 0 Å². The van der Waals surface area contributed by atoms with E-state index in [1.54, 1.807) is 13.0 Å². The van der Waals surface area contributed by atoms with Gasteiger partial charge in [0.1, 0.15) is 6.04 Å². The van der Waals surface area contributed by atoms with E-state index in [0.29, 0.717) is 5.56 Å². The lowest BCUT2D eigenvalue weighted by atomic mass is 9.98. The van der Waals surface area contributed by atoms with Gasteiger partial charge in [-0.2, -0.15) is 0 Å². The van der Waals surface area contributed by atoms with E-state index in [1.807, 2.05) is 12.1 Å². The third-order valence-electron chi connectivity index (χ3n) is 3.26. The van der Waals surface area contributed by atoms with Crippen molar-refractivity contribution in [1.82, 2.24) is 10.6 Å². The van der Waals surface area contributed by atoms with E-state index in [-0.39, 0.29) is 5.91 Å². The van der Waals surface area contributed by atoms with Gasteiger partial charge in [0, 0.05) is 12.1 Å². The van der Waals surface area contributed by atoms with Crippen LogP contribution in [0.25, 0.3) is 0 Å². The van der Waals surface area contributed by atoms with Gasteiger partial charge in [0.15, 0.2) is 0 Å². The molecule has 0 fully saturated rings. The largest absolute Gasteiger partial charge is 0.467 e. The molecule has 1 amide bonds. The number of hydrogen-bond acceptors (Lipinski definition) is 4. The van der Waals surface area contributed by atoms with Gasteiger partial charge in [-0.25, -0.2) is 4.79 Å². The van der Waals surface area contributed by atoms with Gasteiger partial charge in [0.2, 0.25) is 0 Å². The molecule has 2 rings (SSSR count). The van der Waals surface area contributed by atoms with Crippen molar-refractivity contribution >= 4 is 11.9 Å². The molecule has 2 N–H and O–H groups in total. The summed E-state index contributed by atoms with van der Waals surface area (Å²) in [6.45, 7) is 3.35. The van der Waals surface area contributed by atoms with Crippen LogP contribution in [0, 0.1) is 0 Å². The van der Waals surface area contributed by atoms with Crippen LogP contribution in [0.15, 0.2) is 18.2 Å². The molecule has 1 aliphatic rings. The van der Waals surface area contributed by atoms with Crippen LogP contribution >= 0.6 is 0 Å². The molecule has 19 heavy (non-hydrogen) atoms. The normalized spacial score (nSPS) is 15.3. The van der Waals surface area contributed by atoms with E-state index in [4.69, 9.17) is 0 Å². The molecular formula is C14H18N2O3. The molecule has 0 saturated heterocycles. The van der Waals surface area contributed by atoms with Crippen molar-refractivity contribution in [1.29, 1.82) is 0 Å². The number of esters is 1. The fraction of sp³-hybridized carbons (Fsp3) is 0.429. The molecule has 1 aromatic rings. The first-order chi connectivity index (χ1) is 9.11. The van der Waals surface area contributed by atoms with Crippen molar-refractivity contribution in [2.24, 2.45) is 0 Å². The fourth-order valence-electron chi connectivity index (χ4n) is 2.14. The van der Waals surface area contributed by atoms with Crippen LogP contribution in [0.4, 0.5) is 0 Å². The van der Waals surface area contributed by atoms with Gasteiger partial charge >= 0.3 is 5.97 Å². The monoisotopic (exact) mass is 262 g/mol. The predicted molar refractivity (Wildman–Crippen MR) is 70.8 cm³/mol. The molecule has 0 aromatic heterocycles. The van der Waals surface area contributed by atoms with Gasteiger partial charge in [-0.1, -0.05) is 6.07 Å². The Hall–Kier alpha value is -1.88. The molecule has 0 aliphatic carbocycles. The summed E-state index contributed by atoms with van der Waals surface area (Å²) in [5.41, 5.74) is 2.99. The van der Waals surface area contributed by atoms with Crippen molar-refractivity contribution in [3.63, 3.8) is 0 Å². The highest BCUT2D eigenvalue weighted by molar-refractivity contribution is 5.96. The van der Waals surface area contributed by atoms with Crippen molar-refractivity contribution in [3.8, 4) is 0 Å².